The van der Waals surface area contributed by atoms with Crippen LogP contribution in [0, 0.1) is 10.8 Å². The molecule has 6 nitrogen and oxygen atoms in total. The van der Waals surface area contributed by atoms with Crippen LogP contribution in [-0.4, -0.2) is 42.8 Å². The topological polar surface area (TPSA) is 64.8 Å². The highest BCUT2D eigenvalue weighted by Gasteiger charge is 2.51. The van der Waals surface area contributed by atoms with Gasteiger partial charge >= 0.3 is 0 Å². The van der Waals surface area contributed by atoms with E-state index in [4.69, 9.17) is 14.0 Å². The average Bonchev–Trinajstić information content (AvgIpc) is 3.22. The Morgan fingerprint density at radius 3 is 2.61 bits per heavy atom. The Hall–Kier alpha value is -2.50. The second kappa shape index (κ2) is 6.54. The molecule has 1 aromatic heterocycles. The van der Waals surface area contributed by atoms with Crippen LogP contribution in [0.2, 0.25) is 0 Å². The maximum atomic E-state index is 13.2. The molecule has 2 heterocycles. The molecule has 0 unspecified atom stereocenters. The molecule has 28 heavy (non-hydrogen) atoms. The monoisotopic (exact) mass is 384 g/mol. The Bertz CT molecular complexity index is 904. The number of carbonyl (C=O) groups excluding carboxylic acids is 1. The van der Waals surface area contributed by atoms with Crippen LogP contribution in [0.3, 0.4) is 0 Å². The molecule has 6 heteroatoms. The lowest BCUT2D eigenvalue weighted by Crippen LogP contribution is -2.37. The van der Waals surface area contributed by atoms with Crippen molar-refractivity contribution < 1.29 is 18.8 Å². The zero-order chi connectivity index (χ0) is 20.1. The van der Waals surface area contributed by atoms with Crippen LogP contribution >= 0.6 is 0 Å². The zero-order valence-corrected chi connectivity index (χ0v) is 17.2. The van der Waals surface area contributed by atoms with E-state index in [9.17, 15) is 4.79 Å². The van der Waals surface area contributed by atoms with Crippen LogP contribution in [0.4, 0.5) is 0 Å². The molecule has 2 aliphatic rings. The van der Waals surface area contributed by atoms with Crippen molar-refractivity contribution in [2.45, 2.75) is 46.1 Å². The highest BCUT2D eigenvalue weighted by Crippen LogP contribution is 2.52. The first kappa shape index (κ1) is 18.8. The van der Waals surface area contributed by atoms with Crippen molar-refractivity contribution >= 4 is 5.91 Å². The van der Waals surface area contributed by atoms with E-state index >= 15 is 0 Å². The van der Waals surface area contributed by atoms with Gasteiger partial charge in [0.05, 0.1) is 14.2 Å². The summed E-state index contributed by atoms with van der Waals surface area (Å²) in [7, 11) is 3.18. The summed E-state index contributed by atoms with van der Waals surface area (Å²) < 4.78 is 16.1. The molecule has 1 saturated carbocycles. The van der Waals surface area contributed by atoms with E-state index in [2.05, 4.69) is 25.9 Å². The minimum absolute atomic E-state index is 0.0399. The van der Waals surface area contributed by atoms with Gasteiger partial charge in [-0.15, -0.1) is 0 Å². The molecule has 150 valence electrons. The van der Waals surface area contributed by atoms with Gasteiger partial charge in [0.25, 0.3) is 5.91 Å². The molecule has 2 fully saturated rings. The minimum atomic E-state index is -0.0399. The number of amides is 1. The molecule has 1 saturated heterocycles. The van der Waals surface area contributed by atoms with Crippen molar-refractivity contribution in [1.82, 2.24) is 10.1 Å². The molecule has 2 atom stereocenters. The van der Waals surface area contributed by atoms with Crippen LogP contribution < -0.4 is 9.47 Å². The fourth-order valence-electron chi connectivity index (χ4n) is 5.35. The summed E-state index contributed by atoms with van der Waals surface area (Å²) in [5.41, 5.74) is 1.61. The van der Waals surface area contributed by atoms with Crippen LogP contribution in [0.5, 0.6) is 11.5 Å². The number of aromatic nitrogens is 1. The summed E-state index contributed by atoms with van der Waals surface area (Å²) in [6, 6.07) is 7.49. The van der Waals surface area contributed by atoms with Gasteiger partial charge in [0.2, 0.25) is 0 Å². The number of methoxy groups -OCH3 is 2. The summed E-state index contributed by atoms with van der Waals surface area (Å²) >= 11 is 0. The first-order valence-corrected chi connectivity index (χ1v) is 9.74. The molecular formula is C22H28N2O4. The number of carbonyl (C=O) groups is 1. The van der Waals surface area contributed by atoms with E-state index in [1.807, 2.05) is 23.1 Å². The molecule has 4 rings (SSSR count). The molecule has 0 radical (unpaired) electrons. The summed E-state index contributed by atoms with van der Waals surface area (Å²) in [4.78, 5) is 15.2. The highest BCUT2D eigenvalue weighted by molar-refractivity contribution is 5.93. The van der Waals surface area contributed by atoms with Crippen molar-refractivity contribution in [3.63, 3.8) is 0 Å². The minimum Gasteiger partial charge on any atom is -0.493 e. The maximum absolute atomic E-state index is 13.2. The van der Waals surface area contributed by atoms with Gasteiger partial charge < -0.3 is 18.9 Å². The lowest BCUT2D eigenvalue weighted by molar-refractivity contribution is 0.0698. The first-order valence-electron chi connectivity index (χ1n) is 9.74. The number of nitrogens with zero attached hydrogens (tertiary/aromatic N) is 2. The fraction of sp³-hybridized carbons (Fsp3) is 0.545. The molecule has 2 aromatic rings. The third-order valence-corrected chi connectivity index (χ3v) is 6.07. The van der Waals surface area contributed by atoms with Gasteiger partial charge in [-0.3, -0.25) is 4.79 Å². The largest absolute Gasteiger partial charge is 0.493 e. The van der Waals surface area contributed by atoms with Gasteiger partial charge in [-0.05, 0) is 48.3 Å². The van der Waals surface area contributed by atoms with E-state index in [1.165, 1.54) is 0 Å². The molecule has 1 aromatic carbocycles. The van der Waals surface area contributed by atoms with Gasteiger partial charge in [0.15, 0.2) is 23.0 Å². The van der Waals surface area contributed by atoms with Crippen LogP contribution in [0.25, 0.3) is 11.3 Å². The van der Waals surface area contributed by atoms with E-state index in [-0.39, 0.29) is 22.8 Å². The second-order valence-corrected chi connectivity index (χ2v) is 9.29. The molecule has 0 spiro atoms. The number of hydrogen-bond acceptors (Lipinski definition) is 5. The molecular weight excluding hydrogens is 356 g/mol. The molecule has 1 aliphatic heterocycles. The average molecular weight is 384 g/mol. The van der Waals surface area contributed by atoms with Crippen molar-refractivity contribution in [3.05, 3.63) is 30.0 Å². The number of rotatable bonds is 4. The van der Waals surface area contributed by atoms with Crippen molar-refractivity contribution in [3.8, 4) is 22.8 Å². The number of fused-ring (bicyclic) bond motifs is 2. The predicted octanol–water partition coefficient (Wildman–Crippen LogP) is 4.40. The molecule has 0 N–H and O–H groups in total. The van der Waals surface area contributed by atoms with Gasteiger partial charge in [0.1, 0.15) is 0 Å². The highest BCUT2D eigenvalue weighted by atomic mass is 16.5. The van der Waals surface area contributed by atoms with E-state index < -0.39 is 0 Å². The predicted molar refractivity (Wildman–Crippen MR) is 106 cm³/mol. The van der Waals surface area contributed by atoms with Gasteiger partial charge in [-0.1, -0.05) is 25.9 Å². The Morgan fingerprint density at radius 1 is 1.14 bits per heavy atom. The third-order valence-electron chi connectivity index (χ3n) is 6.07. The lowest BCUT2D eigenvalue weighted by Gasteiger charge is -2.39. The molecule has 1 amide bonds. The SMILES string of the molecule is COc1ccc(-c2cc(C(=O)N3C[C@@]4(C)C[C@@H]3CC(C)(C)C4)no2)cc1OC. The Labute approximate surface area is 165 Å². The molecule has 1 aliphatic carbocycles. The van der Waals surface area contributed by atoms with Gasteiger partial charge in [-0.25, -0.2) is 0 Å². The van der Waals surface area contributed by atoms with E-state index in [1.54, 1.807) is 20.3 Å². The number of likely N-dealkylation sites (tertiary alicyclic amines) is 1. The summed E-state index contributed by atoms with van der Waals surface area (Å²) in [6.45, 7) is 7.69. The number of ether oxygens (including phenoxy) is 2. The van der Waals surface area contributed by atoms with Crippen molar-refractivity contribution in [1.29, 1.82) is 0 Å². The second-order valence-electron chi connectivity index (χ2n) is 9.29. The van der Waals surface area contributed by atoms with E-state index in [0.29, 0.717) is 23.0 Å². The van der Waals surface area contributed by atoms with E-state index in [0.717, 1.165) is 31.4 Å². The van der Waals surface area contributed by atoms with Crippen LogP contribution in [0.15, 0.2) is 28.8 Å². The fourth-order valence-corrected chi connectivity index (χ4v) is 5.35. The standard InChI is InChI=1S/C22H28N2O4/c1-21(2)10-15-11-22(3,12-21)13-24(15)20(25)16-9-18(28-23-16)14-6-7-17(26-4)19(8-14)27-5/h6-9,15H,10-13H2,1-5H3/t15-,22-/m0/s1. The maximum Gasteiger partial charge on any atom is 0.276 e. The van der Waals surface area contributed by atoms with Crippen LogP contribution in [0.1, 0.15) is 50.5 Å². The Balaban J connectivity index is 1.57. The molecule has 2 bridgehead atoms. The number of hydrogen-bond donors (Lipinski definition) is 0. The van der Waals surface area contributed by atoms with Gasteiger partial charge in [-0.2, -0.15) is 0 Å². The zero-order valence-electron chi connectivity index (χ0n) is 17.2. The third kappa shape index (κ3) is 3.25. The summed E-state index contributed by atoms with van der Waals surface area (Å²) in [5, 5.41) is 4.07. The normalized spacial score (nSPS) is 25.6. The smallest absolute Gasteiger partial charge is 0.276 e. The first-order chi connectivity index (χ1) is 13.2. The Kier molecular flexibility index (Phi) is 4.40. The Morgan fingerprint density at radius 2 is 1.89 bits per heavy atom. The van der Waals surface area contributed by atoms with Crippen molar-refractivity contribution in [2.24, 2.45) is 10.8 Å². The summed E-state index contributed by atoms with van der Waals surface area (Å²) in [5.74, 6) is 1.75. The lowest BCUT2D eigenvalue weighted by atomic mass is 9.65. The quantitative estimate of drug-likeness (QED) is 0.782. The number of benzene rings is 1. The summed E-state index contributed by atoms with van der Waals surface area (Å²) in [6.07, 6.45) is 3.26. The van der Waals surface area contributed by atoms with Crippen LogP contribution in [-0.2, 0) is 0 Å². The van der Waals surface area contributed by atoms with Gasteiger partial charge in [0, 0.05) is 24.2 Å². The van der Waals surface area contributed by atoms with Crippen molar-refractivity contribution in [2.75, 3.05) is 20.8 Å².